The van der Waals surface area contributed by atoms with Gasteiger partial charge in [-0.05, 0) is 89.6 Å². The summed E-state index contributed by atoms with van der Waals surface area (Å²) in [6.45, 7) is 9.43. The number of alkyl halides is 3. The smallest absolute Gasteiger partial charge is 0.537 e. The van der Waals surface area contributed by atoms with Crippen LogP contribution in [0, 0.1) is 13.8 Å². The molecule has 0 fully saturated rings. The number of carbonyl (C=O) groups excluding carboxylic acids is 4. The van der Waals surface area contributed by atoms with Crippen molar-refractivity contribution in [2.75, 3.05) is 0 Å². The molecule has 55 heavy (non-hydrogen) atoms. The third kappa shape index (κ3) is 10.3. The third-order valence-electron chi connectivity index (χ3n) is 7.56. The monoisotopic (exact) mass is 811 g/mol. The topological polar surface area (TPSA) is 167 Å². The lowest BCUT2D eigenvalue weighted by Gasteiger charge is -2.10. The number of nitrogens with zero attached hydrogens (tertiary/aromatic N) is 2. The third-order valence-corrected chi connectivity index (χ3v) is 10.5. The number of thiazole rings is 2. The Morgan fingerprint density at radius 2 is 1.13 bits per heavy atom. The van der Waals surface area contributed by atoms with Crippen LogP contribution < -0.4 is 8.84 Å². The molecule has 1 radical (unpaired) electrons. The summed E-state index contributed by atoms with van der Waals surface area (Å²) < 4.78 is 69.1. The van der Waals surface area contributed by atoms with E-state index in [1.54, 1.807) is 45.0 Å². The van der Waals surface area contributed by atoms with Gasteiger partial charge in [-0.2, -0.15) is 21.6 Å². The minimum Gasteiger partial charge on any atom is -0.537 e. The zero-order valence-corrected chi connectivity index (χ0v) is 32.4. The van der Waals surface area contributed by atoms with E-state index in [9.17, 15) is 40.8 Å². The molecule has 4 aromatic carbocycles. The van der Waals surface area contributed by atoms with Gasteiger partial charge in [-0.1, -0.05) is 30.3 Å². The van der Waals surface area contributed by atoms with E-state index in [4.69, 9.17) is 5.02 Å². The Kier molecular flexibility index (Phi) is 13.5. The molecule has 0 amide bonds. The first-order chi connectivity index (χ1) is 25.7. The van der Waals surface area contributed by atoms with Crippen LogP contribution in [-0.4, -0.2) is 59.7 Å². The van der Waals surface area contributed by atoms with Crippen molar-refractivity contribution in [3.8, 4) is 22.6 Å². The van der Waals surface area contributed by atoms with Crippen LogP contribution in [0.15, 0.2) is 72.8 Å². The Bertz CT molecular complexity index is 2520. The van der Waals surface area contributed by atoms with Crippen molar-refractivity contribution in [2.24, 2.45) is 0 Å². The predicted molar refractivity (Wildman–Crippen MR) is 205 cm³/mol. The lowest BCUT2D eigenvalue weighted by molar-refractivity contribution is -0.0499. The number of hydrogen-bond donors (Lipinski definition) is 1. The van der Waals surface area contributed by atoms with Gasteiger partial charge in [-0.15, -0.1) is 22.7 Å². The fourth-order valence-corrected chi connectivity index (χ4v) is 7.41. The maximum absolute atomic E-state index is 12.3. The molecule has 6 aromatic rings. The molecule has 18 heteroatoms. The van der Waals surface area contributed by atoms with E-state index in [1.807, 2.05) is 43.3 Å². The van der Waals surface area contributed by atoms with Crippen LogP contribution in [0.5, 0.6) is 11.5 Å². The van der Waals surface area contributed by atoms with Crippen LogP contribution in [0.25, 0.3) is 31.6 Å². The van der Waals surface area contributed by atoms with E-state index in [2.05, 4.69) is 18.8 Å². The fraction of sp³-hybridized carbons (Fsp3) is 0.189. The minimum atomic E-state index is -5.79. The molecule has 1 N–H and O–H groups in total. The molecular formula is C37H31BF3N2O9S3. The molecule has 285 valence electrons. The standard InChI is InChI=1S/C18H15NO2S.C11H8F3NO4S2.C8H8BO3/c1-10(20)13-4-6-14(7-5-13)16-9-8-15(11(2)21)18-17(16)19-12(3)22-18;1-5(16)7-3-4-8(9-10(7)20-6(2)15-9)19-21(17,18)11(12,13)14;1-6(10)7-2-4-8(5-3-7)12-9-11/h4-9H,1-3H3;3-4H,1-2H3;2-5,11H,1H3. The van der Waals surface area contributed by atoms with Crippen molar-refractivity contribution < 1.29 is 54.6 Å². The highest BCUT2D eigenvalue weighted by Crippen LogP contribution is 2.37. The van der Waals surface area contributed by atoms with Crippen molar-refractivity contribution in [1.82, 2.24) is 9.97 Å². The molecule has 6 rings (SSSR count). The van der Waals surface area contributed by atoms with Gasteiger partial charge in [0, 0.05) is 27.8 Å². The van der Waals surface area contributed by atoms with E-state index in [0.29, 0.717) is 35.1 Å². The number of hydrogen-bond acceptors (Lipinski definition) is 13. The first-order valence-electron chi connectivity index (χ1n) is 15.9. The zero-order chi connectivity index (χ0) is 40.8. The van der Waals surface area contributed by atoms with Crippen molar-refractivity contribution in [3.63, 3.8) is 0 Å². The van der Waals surface area contributed by atoms with E-state index in [-0.39, 0.29) is 38.9 Å². The largest absolute Gasteiger partial charge is 0.569 e. The van der Waals surface area contributed by atoms with Gasteiger partial charge in [0.15, 0.2) is 28.9 Å². The maximum Gasteiger partial charge on any atom is 0.569 e. The zero-order valence-electron chi connectivity index (χ0n) is 30.0. The summed E-state index contributed by atoms with van der Waals surface area (Å²) in [7, 11) is -5.19. The second-order valence-electron chi connectivity index (χ2n) is 11.6. The number of ketones is 4. The van der Waals surface area contributed by atoms with Gasteiger partial charge >= 0.3 is 23.3 Å². The summed E-state index contributed by atoms with van der Waals surface area (Å²) >= 11 is 2.60. The number of rotatable bonds is 9. The highest BCUT2D eigenvalue weighted by atomic mass is 32.2. The maximum atomic E-state index is 12.3. The normalized spacial score (nSPS) is 11.2. The number of aromatic nitrogens is 2. The first-order valence-corrected chi connectivity index (χ1v) is 19.0. The van der Waals surface area contributed by atoms with Crippen LogP contribution in [0.2, 0.25) is 0 Å². The highest BCUT2D eigenvalue weighted by molar-refractivity contribution is 7.88. The molecule has 0 saturated heterocycles. The van der Waals surface area contributed by atoms with Gasteiger partial charge in [0.05, 0.1) is 24.9 Å². The lowest BCUT2D eigenvalue weighted by Crippen LogP contribution is -2.28. The molecule has 0 aliphatic heterocycles. The van der Waals surface area contributed by atoms with E-state index >= 15 is 0 Å². The van der Waals surface area contributed by atoms with Gasteiger partial charge in [0.25, 0.3) is 0 Å². The van der Waals surface area contributed by atoms with Gasteiger partial charge < -0.3 is 13.9 Å². The van der Waals surface area contributed by atoms with Gasteiger partial charge in [0.2, 0.25) is 0 Å². The van der Waals surface area contributed by atoms with Crippen LogP contribution in [-0.2, 0) is 10.1 Å². The molecule has 11 nitrogen and oxygen atoms in total. The molecule has 0 unspecified atom stereocenters. The molecule has 0 aliphatic rings. The number of benzene rings is 4. The summed E-state index contributed by atoms with van der Waals surface area (Å²) in [5.74, 6) is -0.261. The van der Waals surface area contributed by atoms with Crippen LogP contribution in [0.4, 0.5) is 13.2 Å². The Morgan fingerprint density at radius 3 is 1.58 bits per heavy atom. The SMILES string of the molecule is CC(=O)c1ccc(-c2ccc(C(C)=O)c3sc(C)nc23)cc1.CC(=O)c1ccc(OS(=O)(=O)C(F)(F)F)c2nc(C)sc12.CC(=O)c1ccc(O[B]O)cc1. The van der Waals surface area contributed by atoms with Crippen LogP contribution in [0.1, 0.15) is 79.1 Å². The molecule has 2 aromatic heterocycles. The summed E-state index contributed by atoms with van der Waals surface area (Å²) in [5, 5.41) is 9.69. The predicted octanol–water partition coefficient (Wildman–Crippen LogP) is 8.51. The van der Waals surface area contributed by atoms with E-state index < -0.39 is 21.4 Å². The molecule has 0 saturated carbocycles. The Morgan fingerprint density at radius 1 is 0.673 bits per heavy atom. The summed E-state index contributed by atoms with van der Waals surface area (Å²) in [6, 6.07) is 20.0. The van der Waals surface area contributed by atoms with Gasteiger partial charge in [-0.3, -0.25) is 19.2 Å². The molecule has 0 atom stereocenters. The fourth-order valence-electron chi connectivity index (χ4n) is 4.94. The highest BCUT2D eigenvalue weighted by Gasteiger charge is 2.49. The lowest BCUT2D eigenvalue weighted by atomic mass is 9.99. The molecule has 0 bridgehead atoms. The first kappa shape index (κ1) is 42.4. The van der Waals surface area contributed by atoms with E-state index in [0.717, 1.165) is 43.8 Å². The second-order valence-corrected chi connectivity index (χ2v) is 15.6. The van der Waals surface area contributed by atoms with Crippen LogP contribution in [0.3, 0.4) is 0 Å². The quantitative estimate of drug-likeness (QED) is 0.0644. The Hall–Kier alpha value is -5.30. The Labute approximate surface area is 322 Å². The van der Waals surface area contributed by atoms with Crippen molar-refractivity contribution in [2.45, 2.75) is 47.1 Å². The molecule has 2 heterocycles. The van der Waals surface area contributed by atoms with Crippen LogP contribution >= 0.6 is 22.7 Å². The number of carbonyl (C=O) groups is 4. The Balaban J connectivity index is 0.000000192. The van der Waals surface area contributed by atoms with Crippen molar-refractivity contribution in [1.29, 1.82) is 0 Å². The summed E-state index contributed by atoms with van der Waals surface area (Å²) in [5.41, 5.74) is -0.519. The van der Waals surface area contributed by atoms with E-state index in [1.165, 1.54) is 31.3 Å². The average Bonchev–Trinajstić information content (AvgIpc) is 3.70. The second kappa shape index (κ2) is 17.4. The van der Waals surface area contributed by atoms with Gasteiger partial charge in [0.1, 0.15) is 11.3 Å². The van der Waals surface area contributed by atoms with Gasteiger partial charge in [-0.25, -0.2) is 9.97 Å². The number of Topliss-reactive ketones (excluding diaryl/α,β-unsaturated/α-hetero) is 4. The molecule has 0 aliphatic carbocycles. The summed E-state index contributed by atoms with van der Waals surface area (Å²) in [4.78, 5) is 54.0. The van der Waals surface area contributed by atoms with Crippen molar-refractivity contribution in [3.05, 3.63) is 105 Å². The number of aryl methyl sites for hydroxylation is 2. The summed E-state index contributed by atoms with van der Waals surface area (Å²) in [6.07, 6.45) is 0. The number of fused-ring (bicyclic) bond motifs is 2. The minimum absolute atomic E-state index is 0.00882. The molecule has 0 spiro atoms. The average molecular weight is 812 g/mol. The molecular weight excluding hydrogens is 780 g/mol. The number of halogens is 3. The van der Waals surface area contributed by atoms with Crippen molar-refractivity contribution >= 4 is 84.0 Å².